The molecular weight excluding hydrogens is 324 g/mol. The van der Waals surface area contributed by atoms with Gasteiger partial charge in [0.15, 0.2) is 5.78 Å². The van der Waals surface area contributed by atoms with Gasteiger partial charge in [0, 0.05) is 15.6 Å². The van der Waals surface area contributed by atoms with E-state index in [2.05, 4.69) is 15.9 Å². The van der Waals surface area contributed by atoms with Crippen LogP contribution in [0.4, 0.5) is 0 Å². The summed E-state index contributed by atoms with van der Waals surface area (Å²) < 4.78 is 1.00. The predicted molar refractivity (Wildman–Crippen MR) is 89.5 cm³/mol. The first-order valence-corrected chi connectivity index (χ1v) is 7.50. The smallest absolute Gasteiger partial charge is 0.193 e. The van der Waals surface area contributed by atoms with Gasteiger partial charge in [0.05, 0.1) is 0 Å². The third-order valence-corrected chi connectivity index (χ3v) is 3.84. The van der Waals surface area contributed by atoms with E-state index in [4.69, 9.17) is 0 Å². The fourth-order valence-corrected chi connectivity index (χ4v) is 2.73. The lowest BCUT2D eigenvalue weighted by Gasteiger charge is -2.09. The molecule has 0 radical (unpaired) electrons. The van der Waals surface area contributed by atoms with Crippen LogP contribution in [-0.4, -0.2) is 5.78 Å². The maximum atomic E-state index is 12.7. The van der Waals surface area contributed by atoms with Crippen molar-refractivity contribution in [3.8, 4) is 11.1 Å². The first-order chi connectivity index (χ1) is 10.3. The molecule has 3 aromatic rings. The molecule has 0 unspecified atom stereocenters. The Labute approximate surface area is 132 Å². The molecule has 0 bridgehead atoms. The quantitative estimate of drug-likeness (QED) is 0.589. The molecule has 1 nitrogen and oxygen atoms in total. The number of rotatable bonds is 3. The van der Waals surface area contributed by atoms with Crippen LogP contribution in [0.1, 0.15) is 15.9 Å². The van der Waals surface area contributed by atoms with E-state index in [1.807, 2.05) is 78.9 Å². The first kappa shape index (κ1) is 13.8. The third kappa shape index (κ3) is 2.96. The summed E-state index contributed by atoms with van der Waals surface area (Å²) in [6.07, 6.45) is 0. The maximum Gasteiger partial charge on any atom is 0.193 e. The molecule has 2 heteroatoms. The van der Waals surface area contributed by atoms with Crippen LogP contribution >= 0.6 is 15.9 Å². The molecule has 0 saturated heterocycles. The molecule has 0 N–H and O–H groups in total. The minimum Gasteiger partial charge on any atom is -0.289 e. The second-order valence-corrected chi connectivity index (χ2v) is 5.67. The number of ketones is 1. The Morgan fingerprint density at radius 2 is 1.48 bits per heavy atom. The van der Waals surface area contributed by atoms with Crippen LogP contribution in [-0.2, 0) is 0 Å². The molecule has 0 aliphatic rings. The van der Waals surface area contributed by atoms with E-state index in [1.54, 1.807) is 0 Å². The predicted octanol–water partition coefficient (Wildman–Crippen LogP) is 5.35. The Balaban J connectivity index is 2.11. The van der Waals surface area contributed by atoms with Crippen LogP contribution in [0.3, 0.4) is 0 Å². The van der Waals surface area contributed by atoms with Gasteiger partial charge in [0.25, 0.3) is 0 Å². The van der Waals surface area contributed by atoms with Crippen molar-refractivity contribution in [3.05, 3.63) is 94.5 Å². The van der Waals surface area contributed by atoms with E-state index in [9.17, 15) is 4.79 Å². The average Bonchev–Trinajstić information content (AvgIpc) is 2.55. The number of halogens is 1. The molecule has 0 saturated carbocycles. The lowest BCUT2D eigenvalue weighted by atomic mass is 9.94. The zero-order valence-corrected chi connectivity index (χ0v) is 12.9. The van der Waals surface area contributed by atoms with Crippen LogP contribution < -0.4 is 0 Å². The van der Waals surface area contributed by atoms with E-state index < -0.39 is 0 Å². The third-order valence-electron chi connectivity index (χ3n) is 3.34. The summed E-state index contributed by atoms with van der Waals surface area (Å²) in [5.74, 6) is 0.0474. The number of hydrogen-bond donors (Lipinski definition) is 0. The largest absolute Gasteiger partial charge is 0.289 e. The summed E-state index contributed by atoms with van der Waals surface area (Å²) >= 11 is 3.48. The van der Waals surface area contributed by atoms with Crippen LogP contribution in [0.15, 0.2) is 83.3 Å². The molecular formula is C19H13BrO. The van der Waals surface area contributed by atoms with E-state index in [0.29, 0.717) is 5.56 Å². The van der Waals surface area contributed by atoms with Gasteiger partial charge in [-0.25, -0.2) is 0 Å². The van der Waals surface area contributed by atoms with Crippen LogP contribution in [0.2, 0.25) is 0 Å². The molecule has 0 aliphatic heterocycles. The normalized spacial score (nSPS) is 10.3. The minimum absolute atomic E-state index is 0.0474. The molecule has 102 valence electrons. The Morgan fingerprint density at radius 3 is 2.24 bits per heavy atom. The van der Waals surface area contributed by atoms with E-state index >= 15 is 0 Å². The number of carbonyl (C=O) groups is 1. The minimum atomic E-state index is 0.0474. The zero-order chi connectivity index (χ0) is 14.7. The summed E-state index contributed by atoms with van der Waals surface area (Å²) in [5.41, 5.74) is 3.42. The van der Waals surface area contributed by atoms with Gasteiger partial charge in [0.1, 0.15) is 0 Å². The van der Waals surface area contributed by atoms with Crippen LogP contribution in [0.25, 0.3) is 11.1 Å². The molecule has 0 fully saturated rings. The average molecular weight is 337 g/mol. The van der Waals surface area contributed by atoms with Gasteiger partial charge in [-0.05, 0) is 23.3 Å². The Bertz CT molecular complexity index is 778. The Kier molecular flexibility index (Phi) is 3.98. The van der Waals surface area contributed by atoms with Crippen molar-refractivity contribution in [2.24, 2.45) is 0 Å². The molecule has 0 amide bonds. The van der Waals surface area contributed by atoms with E-state index in [0.717, 1.165) is 21.2 Å². The molecule has 0 heterocycles. The van der Waals surface area contributed by atoms with E-state index in [1.165, 1.54) is 0 Å². The van der Waals surface area contributed by atoms with Gasteiger partial charge in [-0.1, -0.05) is 82.7 Å². The number of benzene rings is 3. The second-order valence-electron chi connectivity index (χ2n) is 4.75. The number of carbonyl (C=O) groups excluding carboxylic acids is 1. The SMILES string of the molecule is O=C(c1ccccc1)c1ccccc1-c1cccc(Br)c1. The lowest BCUT2D eigenvalue weighted by molar-refractivity contribution is 0.103. The van der Waals surface area contributed by atoms with Crippen LogP contribution in [0, 0.1) is 0 Å². The van der Waals surface area contributed by atoms with Crippen molar-refractivity contribution >= 4 is 21.7 Å². The molecule has 0 aliphatic carbocycles. The van der Waals surface area contributed by atoms with Crippen LogP contribution in [0.5, 0.6) is 0 Å². The Morgan fingerprint density at radius 1 is 0.762 bits per heavy atom. The highest BCUT2D eigenvalue weighted by Crippen LogP contribution is 2.27. The monoisotopic (exact) mass is 336 g/mol. The van der Waals surface area contributed by atoms with Gasteiger partial charge < -0.3 is 0 Å². The summed E-state index contributed by atoms with van der Waals surface area (Å²) in [6.45, 7) is 0. The van der Waals surface area contributed by atoms with Crippen molar-refractivity contribution in [2.75, 3.05) is 0 Å². The molecule has 3 rings (SSSR count). The van der Waals surface area contributed by atoms with Gasteiger partial charge in [0.2, 0.25) is 0 Å². The molecule has 0 aromatic heterocycles. The summed E-state index contributed by atoms with van der Waals surface area (Å²) in [5, 5.41) is 0. The van der Waals surface area contributed by atoms with Gasteiger partial charge in [-0.15, -0.1) is 0 Å². The van der Waals surface area contributed by atoms with Crippen molar-refractivity contribution in [1.29, 1.82) is 0 Å². The van der Waals surface area contributed by atoms with Crippen molar-refractivity contribution in [2.45, 2.75) is 0 Å². The zero-order valence-electron chi connectivity index (χ0n) is 11.3. The van der Waals surface area contributed by atoms with Gasteiger partial charge in [-0.3, -0.25) is 4.79 Å². The summed E-state index contributed by atoms with van der Waals surface area (Å²) in [4.78, 5) is 12.7. The lowest BCUT2D eigenvalue weighted by Crippen LogP contribution is -2.03. The standard InChI is InChI=1S/C19H13BrO/c20-16-10-6-9-15(13-16)17-11-4-5-12-18(17)19(21)14-7-2-1-3-8-14/h1-13H. The van der Waals surface area contributed by atoms with Gasteiger partial charge in [-0.2, -0.15) is 0 Å². The second kappa shape index (κ2) is 6.06. The number of hydrogen-bond acceptors (Lipinski definition) is 1. The molecule has 3 aromatic carbocycles. The Hall–Kier alpha value is -2.19. The highest BCUT2D eigenvalue weighted by Gasteiger charge is 2.14. The summed E-state index contributed by atoms with van der Waals surface area (Å²) in [7, 11) is 0. The fourth-order valence-electron chi connectivity index (χ4n) is 2.33. The van der Waals surface area contributed by atoms with E-state index in [-0.39, 0.29) is 5.78 Å². The van der Waals surface area contributed by atoms with Crippen molar-refractivity contribution in [1.82, 2.24) is 0 Å². The van der Waals surface area contributed by atoms with Crippen molar-refractivity contribution < 1.29 is 4.79 Å². The highest BCUT2D eigenvalue weighted by molar-refractivity contribution is 9.10. The topological polar surface area (TPSA) is 17.1 Å². The molecule has 21 heavy (non-hydrogen) atoms. The fraction of sp³-hybridized carbons (Fsp3) is 0. The first-order valence-electron chi connectivity index (χ1n) is 6.70. The van der Waals surface area contributed by atoms with Gasteiger partial charge >= 0.3 is 0 Å². The highest BCUT2D eigenvalue weighted by atomic mass is 79.9. The molecule has 0 atom stereocenters. The van der Waals surface area contributed by atoms with Crippen molar-refractivity contribution in [3.63, 3.8) is 0 Å². The summed E-state index contributed by atoms with van der Waals surface area (Å²) in [6, 6.07) is 25.1. The molecule has 0 spiro atoms. The maximum absolute atomic E-state index is 12.7.